The standard InChI is InChI=1S/C18H21N3O3S/c1-18-9-8-15(22)21(18)14(10-25-18)17(24)20-13-5-3-2-4-12(13)16(23)19-11-6-7-11/h2-5,11,14H,6-10H2,1H3,(H,19,23)(H,20,24)/t14-,18-/m1/s1. The molecule has 2 atom stereocenters. The van der Waals surface area contributed by atoms with E-state index in [-0.39, 0.29) is 28.6 Å². The average molecular weight is 359 g/mol. The Hall–Kier alpha value is -2.02. The third kappa shape index (κ3) is 3.01. The molecule has 1 saturated carbocycles. The lowest BCUT2D eigenvalue weighted by molar-refractivity contribution is -0.135. The average Bonchev–Trinajstić information content (AvgIpc) is 3.26. The molecule has 6 nitrogen and oxygen atoms in total. The van der Waals surface area contributed by atoms with E-state index >= 15 is 0 Å². The first kappa shape index (κ1) is 16.4. The lowest BCUT2D eigenvalue weighted by Crippen LogP contribution is -2.48. The highest BCUT2D eigenvalue weighted by atomic mass is 32.2. The van der Waals surface area contributed by atoms with Crippen molar-refractivity contribution in [2.24, 2.45) is 0 Å². The highest BCUT2D eigenvalue weighted by Gasteiger charge is 2.52. The predicted molar refractivity (Wildman–Crippen MR) is 96.3 cm³/mol. The Morgan fingerprint density at radius 2 is 2.04 bits per heavy atom. The van der Waals surface area contributed by atoms with Crippen molar-refractivity contribution in [2.75, 3.05) is 11.1 Å². The molecule has 2 N–H and O–H groups in total. The van der Waals surface area contributed by atoms with Gasteiger partial charge in [-0.05, 0) is 38.3 Å². The molecular weight excluding hydrogens is 338 g/mol. The van der Waals surface area contributed by atoms with E-state index < -0.39 is 6.04 Å². The van der Waals surface area contributed by atoms with Gasteiger partial charge in [0.25, 0.3) is 5.91 Å². The summed E-state index contributed by atoms with van der Waals surface area (Å²) < 4.78 is 0. The van der Waals surface area contributed by atoms with Gasteiger partial charge in [0.1, 0.15) is 6.04 Å². The first-order valence-corrected chi connectivity index (χ1v) is 9.63. The molecule has 132 valence electrons. The maximum Gasteiger partial charge on any atom is 0.253 e. The zero-order valence-corrected chi connectivity index (χ0v) is 14.9. The summed E-state index contributed by atoms with van der Waals surface area (Å²) in [4.78, 5) is 38.8. The molecule has 25 heavy (non-hydrogen) atoms. The summed E-state index contributed by atoms with van der Waals surface area (Å²) in [5.74, 6) is 0.233. The quantitative estimate of drug-likeness (QED) is 0.862. The van der Waals surface area contributed by atoms with Crippen molar-refractivity contribution in [1.29, 1.82) is 0 Å². The topological polar surface area (TPSA) is 78.5 Å². The Kier molecular flexibility index (Phi) is 3.98. The van der Waals surface area contributed by atoms with Gasteiger partial charge in [-0.1, -0.05) is 12.1 Å². The molecule has 2 saturated heterocycles. The minimum Gasteiger partial charge on any atom is -0.349 e. The molecule has 1 aromatic carbocycles. The molecule has 0 unspecified atom stereocenters. The maximum absolute atomic E-state index is 12.8. The molecule has 3 amide bonds. The number of benzene rings is 1. The van der Waals surface area contributed by atoms with Crippen molar-refractivity contribution in [3.63, 3.8) is 0 Å². The maximum atomic E-state index is 12.8. The number of para-hydroxylation sites is 1. The van der Waals surface area contributed by atoms with E-state index in [0.717, 1.165) is 19.3 Å². The fourth-order valence-corrected chi connectivity index (χ4v) is 4.94. The van der Waals surface area contributed by atoms with Crippen LogP contribution in [0, 0.1) is 0 Å². The van der Waals surface area contributed by atoms with E-state index in [4.69, 9.17) is 0 Å². The second kappa shape index (κ2) is 6.05. The van der Waals surface area contributed by atoms with Crippen molar-refractivity contribution >= 4 is 35.2 Å². The summed E-state index contributed by atoms with van der Waals surface area (Å²) >= 11 is 1.66. The second-order valence-electron chi connectivity index (χ2n) is 7.05. The molecule has 4 rings (SSSR count). The monoisotopic (exact) mass is 359 g/mol. The zero-order valence-electron chi connectivity index (χ0n) is 14.1. The SMILES string of the molecule is C[C@@]12CCC(=O)N1[C@@H](C(=O)Nc1ccccc1C(=O)NC1CC1)CS2. The van der Waals surface area contributed by atoms with Gasteiger partial charge in [-0.15, -0.1) is 11.8 Å². The lowest BCUT2D eigenvalue weighted by atomic mass is 10.1. The van der Waals surface area contributed by atoms with Crippen LogP contribution in [0.25, 0.3) is 0 Å². The minimum atomic E-state index is -0.482. The Balaban J connectivity index is 1.51. The number of carbonyl (C=O) groups excluding carboxylic acids is 3. The van der Waals surface area contributed by atoms with Crippen LogP contribution >= 0.6 is 11.8 Å². The Morgan fingerprint density at radius 3 is 2.80 bits per heavy atom. The van der Waals surface area contributed by atoms with Crippen molar-refractivity contribution in [2.45, 2.75) is 49.6 Å². The molecule has 0 radical (unpaired) electrons. The number of amides is 3. The van der Waals surface area contributed by atoms with Crippen LogP contribution in [0.3, 0.4) is 0 Å². The van der Waals surface area contributed by atoms with E-state index in [1.54, 1.807) is 40.9 Å². The summed E-state index contributed by atoms with van der Waals surface area (Å²) in [5, 5.41) is 5.81. The van der Waals surface area contributed by atoms with E-state index in [0.29, 0.717) is 23.4 Å². The molecule has 1 aromatic rings. The predicted octanol–water partition coefficient (Wildman–Crippen LogP) is 1.97. The van der Waals surface area contributed by atoms with E-state index in [1.165, 1.54) is 0 Å². The van der Waals surface area contributed by atoms with Crippen molar-refractivity contribution in [3.05, 3.63) is 29.8 Å². The Bertz CT molecular complexity index is 749. The normalized spacial score (nSPS) is 28.0. The molecule has 0 bridgehead atoms. The molecule has 3 fully saturated rings. The number of anilines is 1. The molecular formula is C18H21N3O3S. The number of fused-ring (bicyclic) bond motifs is 1. The highest BCUT2D eigenvalue weighted by Crippen LogP contribution is 2.47. The fourth-order valence-electron chi connectivity index (χ4n) is 3.51. The molecule has 2 heterocycles. The first-order chi connectivity index (χ1) is 12.0. The van der Waals surface area contributed by atoms with E-state index in [2.05, 4.69) is 10.6 Å². The molecule has 3 aliphatic rings. The van der Waals surface area contributed by atoms with Crippen molar-refractivity contribution in [3.8, 4) is 0 Å². The number of hydrogen-bond acceptors (Lipinski definition) is 4. The van der Waals surface area contributed by atoms with Crippen LogP contribution in [0.15, 0.2) is 24.3 Å². The molecule has 0 spiro atoms. The summed E-state index contributed by atoms with van der Waals surface area (Å²) in [6.07, 6.45) is 3.29. The number of carbonyl (C=O) groups is 3. The van der Waals surface area contributed by atoms with Gasteiger partial charge in [-0.25, -0.2) is 0 Å². The number of rotatable bonds is 4. The fraction of sp³-hybridized carbons (Fsp3) is 0.500. The van der Waals surface area contributed by atoms with Gasteiger partial charge in [-0.2, -0.15) is 0 Å². The number of nitrogens with one attached hydrogen (secondary N) is 2. The van der Waals surface area contributed by atoms with Gasteiger partial charge in [0, 0.05) is 18.2 Å². The number of nitrogens with zero attached hydrogens (tertiary/aromatic N) is 1. The molecule has 7 heteroatoms. The summed E-state index contributed by atoms with van der Waals surface area (Å²) in [6, 6.07) is 6.78. The first-order valence-electron chi connectivity index (χ1n) is 8.65. The lowest BCUT2D eigenvalue weighted by Gasteiger charge is -2.30. The van der Waals surface area contributed by atoms with Crippen LogP contribution in [-0.2, 0) is 9.59 Å². The van der Waals surface area contributed by atoms with E-state index in [1.807, 2.05) is 6.92 Å². The summed E-state index contributed by atoms with van der Waals surface area (Å²) in [7, 11) is 0. The van der Waals surface area contributed by atoms with E-state index in [9.17, 15) is 14.4 Å². The van der Waals surface area contributed by atoms with Crippen LogP contribution in [0.1, 0.15) is 43.0 Å². The largest absolute Gasteiger partial charge is 0.349 e. The van der Waals surface area contributed by atoms with Gasteiger partial charge in [0.2, 0.25) is 11.8 Å². The van der Waals surface area contributed by atoms with Crippen LogP contribution in [0.2, 0.25) is 0 Å². The Morgan fingerprint density at radius 1 is 1.28 bits per heavy atom. The third-order valence-corrected chi connectivity index (χ3v) is 6.59. The zero-order chi connectivity index (χ0) is 17.6. The third-order valence-electron chi connectivity index (χ3n) is 5.09. The Labute approximate surface area is 150 Å². The molecule has 1 aliphatic carbocycles. The van der Waals surface area contributed by atoms with Gasteiger partial charge >= 0.3 is 0 Å². The van der Waals surface area contributed by atoms with Crippen LogP contribution in [0.5, 0.6) is 0 Å². The van der Waals surface area contributed by atoms with Crippen molar-refractivity contribution in [1.82, 2.24) is 10.2 Å². The van der Waals surface area contributed by atoms with Crippen LogP contribution in [0.4, 0.5) is 5.69 Å². The van der Waals surface area contributed by atoms with Crippen LogP contribution in [-0.4, -0.2) is 45.3 Å². The van der Waals surface area contributed by atoms with Crippen molar-refractivity contribution < 1.29 is 14.4 Å². The number of hydrogen-bond donors (Lipinski definition) is 2. The van der Waals surface area contributed by atoms with Gasteiger partial charge < -0.3 is 15.5 Å². The highest BCUT2D eigenvalue weighted by molar-refractivity contribution is 8.01. The summed E-state index contributed by atoms with van der Waals surface area (Å²) in [5.41, 5.74) is 0.958. The second-order valence-corrected chi connectivity index (χ2v) is 8.55. The summed E-state index contributed by atoms with van der Waals surface area (Å²) in [6.45, 7) is 2.02. The van der Waals surface area contributed by atoms with Crippen LogP contribution < -0.4 is 10.6 Å². The smallest absolute Gasteiger partial charge is 0.253 e. The van der Waals surface area contributed by atoms with Gasteiger partial charge in [0.15, 0.2) is 0 Å². The van der Waals surface area contributed by atoms with Gasteiger partial charge in [0.05, 0.1) is 16.1 Å². The minimum absolute atomic E-state index is 0.0346. The van der Waals surface area contributed by atoms with Gasteiger partial charge in [-0.3, -0.25) is 14.4 Å². The molecule has 0 aromatic heterocycles. The number of thioether (sulfide) groups is 1. The molecule has 2 aliphatic heterocycles.